The van der Waals surface area contributed by atoms with E-state index in [9.17, 15) is 4.79 Å². The summed E-state index contributed by atoms with van der Waals surface area (Å²) < 4.78 is 11.4. The average molecular weight is 435 g/mol. The number of ether oxygens (including phenoxy) is 1. The van der Waals surface area contributed by atoms with Gasteiger partial charge in [0.1, 0.15) is 11.5 Å². The number of halogens is 1. The zero-order valence-corrected chi connectivity index (χ0v) is 19.7. The molecule has 30 heavy (non-hydrogen) atoms. The van der Waals surface area contributed by atoms with Crippen LogP contribution in [0.2, 0.25) is 5.02 Å². The minimum atomic E-state index is -0.361. The molecule has 0 unspecified atom stereocenters. The van der Waals surface area contributed by atoms with E-state index in [4.69, 9.17) is 20.8 Å². The first kappa shape index (κ1) is 24.8. The van der Waals surface area contributed by atoms with Crippen LogP contribution in [0.5, 0.6) is 5.75 Å². The van der Waals surface area contributed by atoms with Crippen LogP contribution in [-0.4, -0.2) is 6.61 Å². The Kier molecular flexibility index (Phi) is 12.0. The SMILES string of the molecule is CCCCCCCCCc1cc2ccc(OCCCCCCCC)c(Cl)c2c(=O)o1. The van der Waals surface area contributed by atoms with E-state index < -0.39 is 0 Å². The highest BCUT2D eigenvalue weighted by atomic mass is 35.5. The highest BCUT2D eigenvalue weighted by Gasteiger charge is 2.13. The van der Waals surface area contributed by atoms with E-state index in [1.54, 1.807) is 0 Å². The molecule has 0 bridgehead atoms. The number of rotatable bonds is 16. The number of fused-ring (bicyclic) bond motifs is 1. The van der Waals surface area contributed by atoms with Gasteiger partial charge in [-0.3, -0.25) is 0 Å². The summed E-state index contributed by atoms with van der Waals surface area (Å²) in [7, 11) is 0. The van der Waals surface area contributed by atoms with Crippen LogP contribution in [0.4, 0.5) is 0 Å². The lowest BCUT2D eigenvalue weighted by atomic mass is 10.1. The standard InChI is InChI=1S/C26H39ClO3/c1-3-5-7-9-11-12-14-16-22-20-21-17-18-23(25(27)24(21)26(28)30-22)29-19-15-13-10-8-6-4-2/h17-18,20H,3-16,19H2,1-2H3. The van der Waals surface area contributed by atoms with Crippen LogP contribution in [0.1, 0.15) is 103 Å². The summed E-state index contributed by atoms with van der Waals surface area (Å²) in [6, 6.07) is 5.75. The Morgan fingerprint density at radius 1 is 0.833 bits per heavy atom. The van der Waals surface area contributed by atoms with Gasteiger partial charge in [0.05, 0.1) is 17.0 Å². The molecule has 0 aliphatic carbocycles. The Morgan fingerprint density at radius 3 is 2.10 bits per heavy atom. The molecule has 0 aliphatic heterocycles. The molecule has 3 nitrogen and oxygen atoms in total. The fourth-order valence-corrected chi connectivity index (χ4v) is 4.13. The van der Waals surface area contributed by atoms with Crippen molar-refractivity contribution in [3.05, 3.63) is 39.4 Å². The Balaban J connectivity index is 1.87. The summed E-state index contributed by atoms with van der Waals surface area (Å²) in [6.07, 6.45) is 16.8. The smallest absolute Gasteiger partial charge is 0.345 e. The number of hydrogen-bond acceptors (Lipinski definition) is 3. The van der Waals surface area contributed by atoms with Crippen LogP contribution in [0, 0.1) is 0 Å². The van der Waals surface area contributed by atoms with E-state index >= 15 is 0 Å². The predicted octanol–water partition coefficient (Wildman–Crippen LogP) is 8.48. The van der Waals surface area contributed by atoms with Gasteiger partial charge in [0.25, 0.3) is 0 Å². The van der Waals surface area contributed by atoms with Gasteiger partial charge in [-0.2, -0.15) is 0 Å². The van der Waals surface area contributed by atoms with Gasteiger partial charge in [0.15, 0.2) is 0 Å². The molecule has 2 aromatic rings. The van der Waals surface area contributed by atoms with Crippen molar-refractivity contribution >= 4 is 22.4 Å². The number of benzene rings is 1. The Bertz CT molecular complexity index is 797. The molecule has 1 aromatic heterocycles. The summed E-state index contributed by atoms with van der Waals surface area (Å²) >= 11 is 6.48. The number of aryl methyl sites for hydroxylation is 1. The van der Waals surface area contributed by atoms with Crippen molar-refractivity contribution in [2.24, 2.45) is 0 Å². The fourth-order valence-electron chi connectivity index (χ4n) is 3.83. The molecule has 0 aliphatic rings. The van der Waals surface area contributed by atoms with Crippen molar-refractivity contribution in [2.75, 3.05) is 6.61 Å². The first-order valence-electron chi connectivity index (χ1n) is 12.0. The lowest BCUT2D eigenvalue weighted by molar-refractivity contribution is 0.305. The molecule has 0 spiro atoms. The van der Waals surface area contributed by atoms with Gasteiger partial charge in [0.2, 0.25) is 0 Å². The van der Waals surface area contributed by atoms with Crippen LogP contribution < -0.4 is 10.4 Å². The van der Waals surface area contributed by atoms with E-state index in [0.717, 1.165) is 36.8 Å². The van der Waals surface area contributed by atoms with E-state index in [1.165, 1.54) is 64.2 Å². The monoisotopic (exact) mass is 434 g/mol. The van der Waals surface area contributed by atoms with Gasteiger partial charge in [-0.1, -0.05) is 102 Å². The first-order valence-corrected chi connectivity index (χ1v) is 12.4. The summed E-state index contributed by atoms with van der Waals surface area (Å²) in [6.45, 7) is 5.08. The van der Waals surface area contributed by atoms with E-state index in [1.807, 2.05) is 18.2 Å². The van der Waals surface area contributed by atoms with Crippen LogP contribution in [0.3, 0.4) is 0 Å². The summed E-state index contributed by atoms with van der Waals surface area (Å²) in [5.74, 6) is 1.32. The van der Waals surface area contributed by atoms with Gasteiger partial charge in [-0.05, 0) is 30.4 Å². The summed E-state index contributed by atoms with van der Waals surface area (Å²) in [5.41, 5.74) is -0.361. The molecule has 0 amide bonds. The van der Waals surface area contributed by atoms with Gasteiger partial charge < -0.3 is 9.15 Å². The quantitative estimate of drug-likeness (QED) is 0.248. The van der Waals surface area contributed by atoms with Crippen molar-refractivity contribution in [2.45, 2.75) is 104 Å². The fraction of sp³-hybridized carbons (Fsp3) is 0.654. The van der Waals surface area contributed by atoms with Gasteiger partial charge in [-0.25, -0.2) is 4.79 Å². The summed E-state index contributed by atoms with van der Waals surface area (Å²) in [5, 5.41) is 1.64. The maximum Gasteiger partial charge on any atom is 0.345 e. The topological polar surface area (TPSA) is 39.4 Å². The Morgan fingerprint density at radius 2 is 1.43 bits per heavy atom. The molecule has 0 N–H and O–H groups in total. The van der Waals surface area contributed by atoms with Crippen molar-refractivity contribution < 1.29 is 9.15 Å². The van der Waals surface area contributed by atoms with Crippen LogP contribution >= 0.6 is 11.6 Å². The van der Waals surface area contributed by atoms with E-state index in [-0.39, 0.29) is 5.63 Å². The van der Waals surface area contributed by atoms with Gasteiger partial charge in [0, 0.05) is 6.42 Å². The summed E-state index contributed by atoms with van der Waals surface area (Å²) in [4.78, 5) is 12.5. The molecular formula is C26H39ClO3. The first-order chi connectivity index (χ1) is 14.7. The molecule has 168 valence electrons. The minimum Gasteiger partial charge on any atom is -0.492 e. The van der Waals surface area contributed by atoms with Crippen molar-refractivity contribution in [3.63, 3.8) is 0 Å². The van der Waals surface area contributed by atoms with E-state index in [0.29, 0.717) is 22.8 Å². The third-order valence-electron chi connectivity index (χ3n) is 5.67. The Labute approximate surface area is 187 Å². The Hall–Kier alpha value is -1.48. The predicted molar refractivity (Wildman–Crippen MR) is 128 cm³/mol. The third kappa shape index (κ3) is 8.34. The normalized spacial score (nSPS) is 11.3. The van der Waals surface area contributed by atoms with Gasteiger partial charge >= 0.3 is 5.63 Å². The molecule has 0 saturated heterocycles. The molecule has 1 aromatic carbocycles. The van der Waals surface area contributed by atoms with Crippen molar-refractivity contribution in [3.8, 4) is 5.75 Å². The minimum absolute atomic E-state index is 0.361. The van der Waals surface area contributed by atoms with Crippen molar-refractivity contribution in [1.82, 2.24) is 0 Å². The zero-order valence-electron chi connectivity index (χ0n) is 18.9. The number of unbranched alkanes of at least 4 members (excludes halogenated alkanes) is 11. The molecule has 4 heteroatoms. The maximum absolute atomic E-state index is 12.5. The van der Waals surface area contributed by atoms with Crippen LogP contribution in [0.15, 0.2) is 27.4 Å². The van der Waals surface area contributed by atoms with Crippen molar-refractivity contribution in [1.29, 1.82) is 0 Å². The van der Waals surface area contributed by atoms with Gasteiger partial charge in [-0.15, -0.1) is 0 Å². The lowest BCUT2D eigenvalue weighted by Crippen LogP contribution is -2.05. The van der Waals surface area contributed by atoms with E-state index in [2.05, 4.69) is 13.8 Å². The molecule has 1 heterocycles. The second-order valence-corrected chi connectivity index (χ2v) is 8.71. The largest absolute Gasteiger partial charge is 0.492 e. The van der Waals surface area contributed by atoms with Crippen LogP contribution in [-0.2, 0) is 6.42 Å². The molecular weight excluding hydrogens is 396 g/mol. The second-order valence-electron chi connectivity index (χ2n) is 8.33. The molecule has 0 fully saturated rings. The third-order valence-corrected chi connectivity index (χ3v) is 6.04. The highest BCUT2D eigenvalue weighted by molar-refractivity contribution is 6.36. The molecule has 0 atom stereocenters. The molecule has 0 saturated carbocycles. The molecule has 2 rings (SSSR count). The maximum atomic E-state index is 12.5. The lowest BCUT2D eigenvalue weighted by Gasteiger charge is -2.10. The molecule has 0 radical (unpaired) electrons. The second kappa shape index (κ2) is 14.5. The average Bonchev–Trinajstić information content (AvgIpc) is 2.73. The number of hydrogen-bond donors (Lipinski definition) is 0. The van der Waals surface area contributed by atoms with Crippen LogP contribution in [0.25, 0.3) is 10.8 Å². The highest BCUT2D eigenvalue weighted by Crippen LogP contribution is 2.31. The zero-order chi connectivity index (χ0) is 21.6.